The quantitative estimate of drug-likeness (QED) is 0.381. The van der Waals surface area contributed by atoms with E-state index in [0.29, 0.717) is 13.1 Å². The summed E-state index contributed by atoms with van der Waals surface area (Å²) in [7, 11) is 7.44. The average molecular weight is 502 g/mol. The van der Waals surface area contributed by atoms with Gasteiger partial charge in [0.25, 0.3) is 0 Å². The zero-order valence-electron chi connectivity index (χ0n) is 17.2. The number of hydrogen-bond acceptors (Lipinski definition) is 4. The molecule has 28 heavy (non-hydrogen) atoms. The molecule has 1 aromatic rings. The van der Waals surface area contributed by atoms with Crippen molar-refractivity contribution < 1.29 is 14.3 Å². The Bertz CT molecular complexity index is 717. The summed E-state index contributed by atoms with van der Waals surface area (Å²) in [4.78, 5) is 20.9. The van der Waals surface area contributed by atoms with Gasteiger partial charge in [0.2, 0.25) is 12.7 Å². The Hall–Kier alpha value is -1.71. The van der Waals surface area contributed by atoms with E-state index in [0.717, 1.165) is 48.7 Å². The van der Waals surface area contributed by atoms with Gasteiger partial charge in [-0.2, -0.15) is 0 Å². The molecule has 1 aromatic carbocycles. The second kappa shape index (κ2) is 9.67. The van der Waals surface area contributed by atoms with Crippen LogP contribution in [0, 0.1) is 5.41 Å². The molecule has 3 rings (SSSR count). The molecule has 0 atom stereocenters. The van der Waals surface area contributed by atoms with E-state index in [1.165, 1.54) is 0 Å². The molecule has 0 spiro atoms. The highest BCUT2D eigenvalue weighted by molar-refractivity contribution is 14.0. The van der Waals surface area contributed by atoms with Crippen LogP contribution in [0.5, 0.6) is 11.5 Å². The molecule has 1 heterocycles. The van der Waals surface area contributed by atoms with Gasteiger partial charge in [-0.15, -0.1) is 24.0 Å². The van der Waals surface area contributed by atoms with Crippen LogP contribution in [0.2, 0.25) is 0 Å². The molecule has 1 fully saturated rings. The predicted octanol–water partition coefficient (Wildman–Crippen LogP) is 2.69. The monoisotopic (exact) mass is 502 g/mol. The van der Waals surface area contributed by atoms with E-state index in [1.54, 1.807) is 11.9 Å². The Morgan fingerprint density at radius 3 is 2.50 bits per heavy atom. The maximum atomic E-state index is 12.7. The number of nitrogens with zero attached hydrogens (tertiary/aromatic N) is 3. The number of amides is 1. The highest BCUT2D eigenvalue weighted by atomic mass is 127. The second-order valence-electron chi connectivity index (χ2n) is 7.63. The number of ether oxygens (including phenoxy) is 2. The van der Waals surface area contributed by atoms with Gasteiger partial charge in [0.05, 0.1) is 5.41 Å². The van der Waals surface area contributed by atoms with Crippen molar-refractivity contribution in [3.63, 3.8) is 0 Å². The summed E-state index contributed by atoms with van der Waals surface area (Å²) in [5.41, 5.74) is 0.795. The standard InChI is InChI=1S/C20H30N4O3.HI/c1-21-19(22-13-20(9-5-6-10-20)18(25)23(2)3)24(4)12-15-7-8-16-17(11-15)27-14-26-16;/h7-8,11H,5-6,9-10,12-14H2,1-4H3,(H,21,22);1H. The van der Waals surface area contributed by atoms with Crippen molar-refractivity contribution in [2.45, 2.75) is 32.2 Å². The van der Waals surface area contributed by atoms with Crippen molar-refractivity contribution in [1.29, 1.82) is 0 Å². The topological polar surface area (TPSA) is 66.4 Å². The Morgan fingerprint density at radius 2 is 1.86 bits per heavy atom. The van der Waals surface area contributed by atoms with Crippen LogP contribution < -0.4 is 14.8 Å². The van der Waals surface area contributed by atoms with Crippen LogP contribution in [0.15, 0.2) is 23.2 Å². The number of hydrogen-bond donors (Lipinski definition) is 1. The van der Waals surface area contributed by atoms with Gasteiger partial charge >= 0.3 is 0 Å². The number of nitrogens with one attached hydrogen (secondary N) is 1. The number of carbonyl (C=O) groups is 1. The van der Waals surface area contributed by atoms with E-state index in [1.807, 2.05) is 39.3 Å². The Kier molecular flexibility index (Phi) is 7.79. The number of rotatable bonds is 5. The van der Waals surface area contributed by atoms with Crippen molar-refractivity contribution in [2.75, 3.05) is 41.5 Å². The molecular formula is C20H31IN4O3. The minimum Gasteiger partial charge on any atom is -0.454 e. The number of carbonyl (C=O) groups excluding carboxylic acids is 1. The molecule has 0 bridgehead atoms. The first-order valence-corrected chi connectivity index (χ1v) is 9.47. The van der Waals surface area contributed by atoms with Crippen molar-refractivity contribution in [1.82, 2.24) is 15.1 Å². The van der Waals surface area contributed by atoms with E-state index in [9.17, 15) is 4.79 Å². The number of halogens is 1. The van der Waals surface area contributed by atoms with Crippen LogP contribution in [0.25, 0.3) is 0 Å². The Balaban J connectivity index is 0.00000280. The summed E-state index contributed by atoms with van der Waals surface area (Å²) >= 11 is 0. The Labute approximate surface area is 184 Å². The van der Waals surface area contributed by atoms with Crippen LogP contribution in [-0.4, -0.2) is 63.2 Å². The minimum absolute atomic E-state index is 0. The molecule has 0 aromatic heterocycles. The summed E-state index contributed by atoms with van der Waals surface area (Å²) in [6.07, 6.45) is 4.07. The minimum atomic E-state index is -0.320. The van der Waals surface area contributed by atoms with Gasteiger partial charge in [0, 0.05) is 41.3 Å². The lowest BCUT2D eigenvalue weighted by molar-refractivity contribution is -0.138. The maximum absolute atomic E-state index is 12.7. The van der Waals surface area contributed by atoms with Crippen LogP contribution in [-0.2, 0) is 11.3 Å². The zero-order chi connectivity index (χ0) is 19.4. The fraction of sp³-hybridized carbons (Fsp3) is 0.600. The third-order valence-electron chi connectivity index (χ3n) is 5.44. The molecule has 1 aliphatic carbocycles. The average Bonchev–Trinajstić information content (AvgIpc) is 3.31. The summed E-state index contributed by atoms with van der Waals surface area (Å²) in [5.74, 6) is 2.56. The molecule has 0 saturated heterocycles. The van der Waals surface area contributed by atoms with Gasteiger partial charge in [-0.25, -0.2) is 0 Å². The molecule has 7 nitrogen and oxygen atoms in total. The van der Waals surface area contributed by atoms with Crippen molar-refractivity contribution >= 4 is 35.8 Å². The lowest BCUT2D eigenvalue weighted by Gasteiger charge is -2.32. The van der Waals surface area contributed by atoms with Gasteiger partial charge in [0.15, 0.2) is 17.5 Å². The zero-order valence-corrected chi connectivity index (χ0v) is 19.5. The largest absolute Gasteiger partial charge is 0.454 e. The molecule has 2 aliphatic rings. The lowest BCUT2D eigenvalue weighted by Crippen LogP contribution is -2.49. The first-order valence-electron chi connectivity index (χ1n) is 9.47. The normalized spacial score (nSPS) is 17.1. The third-order valence-corrected chi connectivity index (χ3v) is 5.44. The molecule has 156 valence electrons. The maximum Gasteiger partial charge on any atom is 0.231 e. The van der Waals surface area contributed by atoms with Crippen LogP contribution >= 0.6 is 24.0 Å². The molecule has 0 radical (unpaired) electrons. The second-order valence-corrected chi connectivity index (χ2v) is 7.63. The van der Waals surface area contributed by atoms with Crippen LogP contribution in [0.4, 0.5) is 0 Å². The van der Waals surface area contributed by atoms with Crippen molar-refractivity contribution in [2.24, 2.45) is 10.4 Å². The molecule has 1 aliphatic heterocycles. The van der Waals surface area contributed by atoms with E-state index in [2.05, 4.69) is 15.2 Å². The summed E-state index contributed by atoms with van der Waals surface area (Å²) in [6.45, 7) is 1.58. The van der Waals surface area contributed by atoms with E-state index in [4.69, 9.17) is 9.47 Å². The number of fused-ring (bicyclic) bond motifs is 1. The van der Waals surface area contributed by atoms with E-state index >= 15 is 0 Å². The van der Waals surface area contributed by atoms with Gasteiger partial charge in [0.1, 0.15) is 0 Å². The van der Waals surface area contributed by atoms with Gasteiger partial charge < -0.3 is 24.6 Å². The predicted molar refractivity (Wildman–Crippen MR) is 120 cm³/mol. The number of benzene rings is 1. The van der Waals surface area contributed by atoms with Gasteiger partial charge in [-0.3, -0.25) is 9.79 Å². The van der Waals surface area contributed by atoms with Crippen molar-refractivity contribution in [3.8, 4) is 11.5 Å². The third kappa shape index (κ3) is 4.82. The first-order chi connectivity index (χ1) is 12.9. The molecule has 8 heteroatoms. The summed E-state index contributed by atoms with van der Waals surface area (Å²) in [5, 5.41) is 3.43. The fourth-order valence-corrected chi connectivity index (χ4v) is 4.01. The summed E-state index contributed by atoms with van der Waals surface area (Å²) in [6, 6.07) is 5.97. The SMILES string of the molecule is CN=C(NCC1(C(=O)N(C)C)CCCC1)N(C)Cc1ccc2c(c1)OCO2.I. The highest BCUT2D eigenvalue weighted by Crippen LogP contribution is 2.39. The molecule has 1 saturated carbocycles. The van der Waals surface area contributed by atoms with Crippen LogP contribution in [0.1, 0.15) is 31.2 Å². The van der Waals surface area contributed by atoms with Crippen molar-refractivity contribution in [3.05, 3.63) is 23.8 Å². The molecule has 1 amide bonds. The lowest BCUT2D eigenvalue weighted by atomic mass is 9.84. The number of aliphatic imine (C=N–C) groups is 1. The molecule has 1 N–H and O–H groups in total. The smallest absolute Gasteiger partial charge is 0.231 e. The molecular weight excluding hydrogens is 471 g/mol. The molecule has 0 unspecified atom stereocenters. The van der Waals surface area contributed by atoms with Gasteiger partial charge in [-0.1, -0.05) is 18.9 Å². The Morgan fingerprint density at radius 1 is 1.18 bits per heavy atom. The highest BCUT2D eigenvalue weighted by Gasteiger charge is 2.42. The summed E-state index contributed by atoms with van der Waals surface area (Å²) < 4.78 is 10.8. The van der Waals surface area contributed by atoms with Crippen LogP contribution in [0.3, 0.4) is 0 Å². The first kappa shape index (κ1) is 22.6. The fourth-order valence-electron chi connectivity index (χ4n) is 4.01. The van der Waals surface area contributed by atoms with Gasteiger partial charge in [-0.05, 0) is 30.5 Å². The van der Waals surface area contributed by atoms with E-state index < -0.39 is 0 Å². The number of guanidine groups is 1. The van der Waals surface area contributed by atoms with E-state index in [-0.39, 0.29) is 42.1 Å².